The first-order chi connectivity index (χ1) is 8.02. The van der Waals surface area contributed by atoms with E-state index in [4.69, 9.17) is 4.42 Å². The second kappa shape index (κ2) is 4.13. The van der Waals surface area contributed by atoms with Gasteiger partial charge in [0.1, 0.15) is 17.4 Å². The van der Waals surface area contributed by atoms with Crippen molar-refractivity contribution in [3.63, 3.8) is 0 Å². The van der Waals surface area contributed by atoms with E-state index in [0.717, 1.165) is 6.07 Å². The maximum absolute atomic E-state index is 13.7. The lowest BCUT2D eigenvalue weighted by molar-refractivity contribution is 0.102. The number of furan rings is 1. The quantitative estimate of drug-likeness (QED) is 0.748. The normalized spacial score (nSPS) is 10.6. The predicted molar refractivity (Wildman–Crippen MR) is 58.0 cm³/mol. The largest absolute Gasteiger partial charge is 0.469 e. The number of halogens is 2. The molecule has 1 aromatic heterocycles. The van der Waals surface area contributed by atoms with Crippen LogP contribution >= 0.6 is 0 Å². The Hall–Kier alpha value is -1.97. The van der Waals surface area contributed by atoms with Crippen molar-refractivity contribution in [2.75, 3.05) is 0 Å². The lowest BCUT2D eigenvalue weighted by Crippen LogP contribution is -2.09. The Morgan fingerprint density at radius 3 is 2.47 bits per heavy atom. The maximum Gasteiger partial charge on any atom is 0.202 e. The molecule has 2 rings (SSSR count). The third-order valence-electron chi connectivity index (χ3n) is 2.61. The molecule has 0 aliphatic heterocycles. The van der Waals surface area contributed by atoms with Gasteiger partial charge in [0.2, 0.25) is 5.78 Å². The molecule has 1 aromatic carbocycles. The van der Waals surface area contributed by atoms with Gasteiger partial charge in [0.15, 0.2) is 0 Å². The summed E-state index contributed by atoms with van der Waals surface area (Å²) >= 11 is 0. The van der Waals surface area contributed by atoms with E-state index < -0.39 is 23.0 Å². The van der Waals surface area contributed by atoms with E-state index in [-0.39, 0.29) is 11.1 Å². The molecule has 0 saturated carbocycles. The summed E-state index contributed by atoms with van der Waals surface area (Å²) in [6, 6.07) is 3.78. The van der Waals surface area contributed by atoms with Crippen LogP contribution < -0.4 is 0 Å². The number of carbonyl (C=O) groups is 1. The average molecular weight is 236 g/mol. The fourth-order valence-electron chi connectivity index (χ4n) is 1.62. The molecule has 88 valence electrons. The minimum absolute atomic E-state index is 0.174. The number of benzene rings is 1. The average Bonchev–Trinajstić information content (AvgIpc) is 2.70. The van der Waals surface area contributed by atoms with E-state index >= 15 is 0 Å². The standard InChI is InChI=1S/C13H10F2O2/c1-7-3-4-10(14)11(12(7)15)13(16)9-5-6-17-8(9)2/h3-6H,1-2H3. The molecule has 0 bridgehead atoms. The molecule has 1 heterocycles. The number of carbonyl (C=O) groups excluding carboxylic acids is 1. The molecule has 0 saturated heterocycles. The summed E-state index contributed by atoms with van der Waals surface area (Å²) < 4.78 is 32.2. The van der Waals surface area contributed by atoms with Crippen LogP contribution in [0.5, 0.6) is 0 Å². The van der Waals surface area contributed by atoms with Crippen molar-refractivity contribution in [1.82, 2.24) is 0 Å². The van der Waals surface area contributed by atoms with Gasteiger partial charge < -0.3 is 4.42 Å². The number of rotatable bonds is 2. The molecule has 0 fully saturated rings. The molecule has 2 aromatic rings. The van der Waals surface area contributed by atoms with Gasteiger partial charge in [-0.15, -0.1) is 0 Å². The molecule has 0 radical (unpaired) electrons. The highest BCUT2D eigenvalue weighted by Gasteiger charge is 2.22. The minimum Gasteiger partial charge on any atom is -0.469 e. The van der Waals surface area contributed by atoms with Crippen molar-refractivity contribution in [2.45, 2.75) is 13.8 Å². The second-order valence-electron chi connectivity index (χ2n) is 3.77. The number of ketones is 1. The minimum atomic E-state index is -0.862. The SMILES string of the molecule is Cc1ccc(F)c(C(=O)c2ccoc2C)c1F. The fourth-order valence-corrected chi connectivity index (χ4v) is 1.62. The monoisotopic (exact) mass is 236 g/mol. The highest BCUT2D eigenvalue weighted by molar-refractivity contribution is 6.10. The number of hydrogen-bond acceptors (Lipinski definition) is 2. The zero-order valence-electron chi connectivity index (χ0n) is 9.38. The van der Waals surface area contributed by atoms with Gasteiger partial charge in [0.05, 0.1) is 17.4 Å². The van der Waals surface area contributed by atoms with Crippen molar-refractivity contribution < 1.29 is 18.0 Å². The summed E-state index contributed by atoms with van der Waals surface area (Å²) in [4.78, 5) is 12.0. The van der Waals surface area contributed by atoms with Crippen LogP contribution in [0.2, 0.25) is 0 Å². The zero-order chi connectivity index (χ0) is 12.6. The lowest BCUT2D eigenvalue weighted by atomic mass is 10.0. The van der Waals surface area contributed by atoms with E-state index in [1.807, 2.05) is 0 Å². The molecule has 0 aliphatic rings. The summed E-state index contributed by atoms with van der Waals surface area (Å²) in [5.41, 5.74) is -0.126. The Bertz CT molecular complexity index is 585. The van der Waals surface area contributed by atoms with E-state index in [1.54, 1.807) is 6.92 Å². The molecule has 4 heteroatoms. The molecular formula is C13H10F2O2. The third-order valence-corrected chi connectivity index (χ3v) is 2.61. The predicted octanol–water partition coefficient (Wildman–Crippen LogP) is 3.41. The molecule has 0 aliphatic carbocycles. The first-order valence-corrected chi connectivity index (χ1v) is 5.05. The molecule has 0 amide bonds. The first kappa shape index (κ1) is 11.5. The molecule has 0 atom stereocenters. The highest BCUT2D eigenvalue weighted by Crippen LogP contribution is 2.22. The molecule has 2 nitrogen and oxygen atoms in total. The lowest BCUT2D eigenvalue weighted by Gasteiger charge is -2.05. The van der Waals surface area contributed by atoms with Crippen LogP contribution in [0.25, 0.3) is 0 Å². The highest BCUT2D eigenvalue weighted by atomic mass is 19.1. The van der Waals surface area contributed by atoms with Crippen LogP contribution in [-0.2, 0) is 0 Å². The van der Waals surface area contributed by atoms with Gasteiger partial charge in [0.25, 0.3) is 0 Å². The topological polar surface area (TPSA) is 30.2 Å². The van der Waals surface area contributed by atoms with Crippen LogP contribution in [0.1, 0.15) is 27.2 Å². The van der Waals surface area contributed by atoms with E-state index in [9.17, 15) is 13.6 Å². The molecule has 17 heavy (non-hydrogen) atoms. The maximum atomic E-state index is 13.7. The summed E-state index contributed by atoms with van der Waals surface area (Å²) in [5, 5.41) is 0. The molecule has 0 spiro atoms. The first-order valence-electron chi connectivity index (χ1n) is 5.05. The van der Waals surface area contributed by atoms with Crippen LogP contribution in [0.4, 0.5) is 8.78 Å². The van der Waals surface area contributed by atoms with Crippen molar-refractivity contribution in [1.29, 1.82) is 0 Å². The summed E-state index contributed by atoms with van der Waals surface area (Å²) in [6.07, 6.45) is 1.31. The van der Waals surface area contributed by atoms with Crippen molar-refractivity contribution in [3.8, 4) is 0 Å². The Morgan fingerprint density at radius 1 is 1.18 bits per heavy atom. The van der Waals surface area contributed by atoms with Crippen LogP contribution in [-0.4, -0.2) is 5.78 Å². The van der Waals surface area contributed by atoms with Gasteiger partial charge in [0, 0.05) is 0 Å². The molecule has 0 N–H and O–H groups in total. The smallest absolute Gasteiger partial charge is 0.202 e. The van der Waals surface area contributed by atoms with Crippen molar-refractivity contribution in [2.24, 2.45) is 0 Å². The summed E-state index contributed by atoms with van der Waals surface area (Å²) in [7, 11) is 0. The van der Waals surface area contributed by atoms with Crippen LogP contribution in [0.15, 0.2) is 28.9 Å². The Balaban J connectivity index is 2.59. The van der Waals surface area contributed by atoms with Crippen LogP contribution in [0, 0.1) is 25.5 Å². The second-order valence-corrected chi connectivity index (χ2v) is 3.77. The third kappa shape index (κ3) is 1.86. The van der Waals surface area contributed by atoms with E-state index in [1.165, 1.54) is 25.3 Å². The van der Waals surface area contributed by atoms with Gasteiger partial charge >= 0.3 is 0 Å². The van der Waals surface area contributed by atoms with Crippen molar-refractivity contribution >= 4 is 5.78 Å². The summed E-state index contributed by atoms with van der Waals surface area (Å²) in [5.74, 6) is -2.04. The molecule has 0 unspecified atom stereocenters. The fraction of sp³-hybridized carbons (Fsp3) is 0.154. The summed E-state index contributed by atoms with van der Waals surface area (Å²) in [6.45, 7) is 3.05. The number of aryl methyl sites for hydroxylation is 2. The van der Waals surface area contributed by atoms with E-state index in [2.05, 4.69) is 0 Å². The Labute approximate surface area is 96.9 Å². The van der Waals surface area contributed by atoms with Gasteiger partial charge in [-0.05, 0) is 31.5 Å². The van der Waals surface area contributed by atoms with Gasteiger partial charge in [-0.25, -0.2) is 8.78 Å². The van der Waals surface area contributed by atoms with Gasteiger partial charge in [-0.1, -0.05) is 6.07 Å². The van der Waals surface area contributed by atoms with E-state index in [0.29, 0.717) is 5.76 Å². The Kier molecular flexibility index (Phi) is 2.79. The van der Waals surface area contributed by atoms with Gasteiger partial charge in [-0.2, -0.15) is 0 Å². The van der Waals surface area contributed by atoms with Gasteiger partial charge in [-0.3, -0.25) is 4.79 Å². The van der Waals surface area contributed by atoms with Crippen molar-refractivity contribution in [3.05, 3.63) is 58.5 Å². The van der Waals surface area contributed by atoms with Crippen LogP contribution in [0.3, 0.4) is 0 Å². The molecular weight excluding hydrogens is 226 g/mol. The number of hydrogen-bond donors (Lipinski definition) is 0. The zero-order valence-corrected chi connectivity index (χ0v) is 9.38. The Morgan fingerprint density at radius 2 is 1.88 bits per heavy atom.